The molecule has 0 atom stereocenters. The first-order valence-electron chi connectivity index (χ1n) is 19.0. The van der Waals surface area contributed by atoms with Crippen molar-refractivity contribution in [2.24, 2.45) is 0 Å². The number of benzene rings is 5. The maximum atomic E-state index is 14.1. The van der Waals surface area contributed by atoms with Gasteiger partial charge in [-0.3, -0.25) is 34.7 Å². The molecule has 0 saturated heterocycles. The minimum atomic E-state index is -0.489. The monoisotopic (exact) mass is 777 g/mol. The summed E-state index contributed by atoms with van der Waals surface area (Å²) in [5.74, 6) is -0.583. The molecule has 0 N–H and O–H groups in total. The molecule has 5 aromatic carbocycles. The van der Waals surface area contributed by atoms with Gasteiger partial charge in [-0.2, -0.15) is 10.5 Å². The van der Waals surface area contributed by atoms with Gasteiger partial charge in [-0.1, -0.05) is 104 Å². The molecule has 7 rings (SSSR count). The van der Waals surface area contributed by atoms with Gasteiger partial charge in [0.15, 0.2) is 0 Å². The molecule has 0 spiro atoms. The average molecular weight is 778 g/mol. The number of hydrogen-bond acceptors (Lipinski definition) is 8. The lowest BCUT2D eigenvalue weighted by atomic mass is 9.94. The highest BCUT2D eigenvalue weighted by atomic mass is 16.6. The van der Waals surface area contributed by atoms with E-state index in [-0.39, 0.29) is 29.2 Å². The Bertz CT molecular complexity index is 2500. The van der Waals surface area contributed by atoms with Crippen molar-refractivity contribution in [1.82, 2.24) is 4.90 Å². The van der Waals surface area contributed by atoms with E-state index in [1.165, 1.54) is 29.2 Å². The third-order valence-electron chi connectivity index (χ3n) is 10.5. The van der Waals surface area contributed by atoms with Crippen LogP contribution in [0.2, 0.25) is 0 Å². The first-order valence-corrected chi connectivity index (χ1v) is 19.0. The molecule has 1 aliphatic carbocycles. The van der Waals surface area contributed by atoms with Crippen LogP contribution in [0, 0.1) is 42.9 Å². The number of nitro groups is 2. The average Bonchev–Trinajstić information content (AvgIpc) is 3.54. The fourth-order valence-corrected chi connectivity index (χ4v) is 7.38. The summed E-state index contributed by atoms with van der Waals surface area (Å²) >= 11 is 0. The van der Waals surface area contributed by atoms with Crippen LogP contribution in [-0.4, -0.2) is 32.6 Å². The molecule has 1 fully saturated rings. The van der Waals surface area contributed by atoms with E-state index in [2.05, 4.69) is 12.1 Å². The van der Waals surface area contributed by atoms with Crippen LogP contribution in [0.5, 0.6) is 0 Å². The van der Waals surface area contributed by atoms with E-state index >= 15 is 0 Å². The Morgan fingerprint density at radius 3 is 1.27 bits per heavy atom. The van der Waals surface area contributed by atoms with E-state index in [4.69, 9.17) is 0 Å². The van der Waals surface area contributed by atoms with Crippen molar-refractivity contribution in [2.45, 2.75) is 38.1 Å². The number of hydrogen-bond donors (Lipinski definition) is 0. The molecule has 1 saturated carbocycles. The normalized spacial score (nSPS) is 14.7. The number of rotatable bonds is 11. The molecule has 2 aliphatic rings. The summed E-state index contributed by atoms with van der Waals surface area (Å²) in [6.45, 7) is 0. The molecule has 0 unspecified atom stereocenters. The minimum Gasteiger partial charge on any atom is -0.271 e. The summed E-state index contributed by atoms with van der Waals surface area (Å²) in [7, 11) is 0. The van der Waals surface area contributed by atoms with Crippen molar-refractivity contribution < 1.29 is 19.4 Å². The lowest BCUT2D eigenvalue weighted by molar-refractivity contribution is -0.385. The van der Waals surface area contributed by atoms with E-state index in [0.717, 1.165) is 54.4 Å². The van der Waals surface area contributed by atoms with E-state index in [9.17, 15) is 40.3 Å². The van der Waals surface area contributed by atoms with Crippen molar-refractivity contribution in [3.63, 3.8) is 0 Å². The van der Waals surface area contributed by atoms with Crippen molar-refractivity contribution >= 4 is 70.8 Å². The number of non-ortho nitro benzene ring substituents is 2. The first-order chi connectivity index (χ1) is 28.6. The number of nitrogens with zero attached hydrogens (tertiary/aromatic N) is 5. The lowest BCUT2D eigenvalue weighted by Gasteiger charge is -2.29. The molecule has 2 amide bonds. The zero-order valence-electron chi connectivity index (χ0n) is 31.7. The molecule has 0 aromatic heterocycles. The van der Waals surface area contributed by atoms with E-state index in [0.29, 0.717) is 44.5 Å². The van der Waals surface area contributed by atoms with Crippen molar-refractivity contribution in [2.75, 3.05) is 0 Å². The van der Waals surface area contributed by atoms with Crippen LogP contribution < -0.4 is 0 Å². The summed E-state index contributed by atoms with van der Waals surface area (Å²) in [6.07, 6.45) is 15.4. The second kappa shape index (κ2) is 17.4. The summed E-state index contributed by atoms with van der Waals surface area (Å²) in [5, 5.41) is 41.6. The van der Waals surface area contributed by atoms with Crippen LogP contribution in [0.4, 0.5) is 11.4 Å². The van der Waals surface area contributed by atoms with Crippen LogP contribution in [0.1, 0.15) is 97.3 Å². The van der Waals surface area contributed by atoms with Gasteiger partial charge in [0.05, 0.1) is 44.3 Å². The standard InChI is InChI=1S/C48H35N5O6/c49-30-40(36-20-24-43(25-21-36)52(56)57)28-34-10-6-32(7-11-34)14-16-38-18-19-39(46-45(38)47(54)51(48(46)55)42-4-2-1-3-5-42)17-15-33-8-12-35(13-9-33)29-41(31-50)37-22-26-44(27-23-37)53(58)59/h6-29,42H,1-5H2/b16-14+,17-15+,40-28+,41-29+. The summed E-state index contributed by atoms with van der Waals surface area (Å²) in [6, 6.07) is 34.4. The number of carbonyl (C=O) groups excluding carboxylic acids is 2. The second-order valence-corrected chi connectivity index (χ2v) is 14.2. The predicted octanol–water partition coefficient (Wildman–Crippen LogP) is 10.9. The highest BCUT2D eigenvalue weighted by molar-refractivity contribution is 6.24. The number of carbonyl (C=O) groups is 2. The Morgan fingerprint density at radius 1 is 0.542 bits per heavy atom. The zero-order chi connectivity index (χ0) is 41.5. The molecular formula is C48H35N5O6. The molecule has 288 valence electrons. The van der Waals surface area contributed by atoms with Gasteiger partial charge in [0.1, 0.15) is 0 Å². The number of nitro benzene ring substituents is 2. The summed E-state index contributed by atoms with van der Waals surface area (Å²) < 4.78 is 0. The third kappa shape index (κ3) is 8.70. The van der Waals surface area contributed by atoms with Crippen LogP contribution >= 0.6 is 0 Å². The van der Waals surface area contributed by atoms with E-state index < -0.39 is 9.85 Å². The minimum absolute atomic E-state index is 0.0553. The van der Waals surface area contributed by atoms with E-state index in [1.54, 1.807) is 36.4 Å². The SMILES string of the molecule is N#C/C(=C\c1ccc(/C=C/c2ccc(/C=C/c3ccc(/C=C(\C#N)c4ccc([N+](=O)[O-])cc4)cc3)c3c2C(=O)N(C2CCCCC2)C3=O)cc1)c1ccc([N+](=O)[O-])cc1. The van der Waals surface area contributed by atoms with Crippen LogP contribution in [0.15, 0.2) is 109 Å². The Labute approximate surface area is 340 Å². The van der Waals surface area contributed by atoms with Crippen molar-refractivity contribution in [3.05, 3.63) is 185 Å². The maximum Gasteiger partial charge on any atom is 0.269 e. The predicted molar refractivity (Wildman–Crippen MR) is 228 cm³/mol. The third-order valence-corrected chi connectivity index (χ3v) is 10.5. The summed E-state index contributed by atoms with van der Waals surface area (Å²) in [4.78, 5) is 50.8. The topological polar surface area (TPSA) is 171 Å². The van der Waals surface area contributed by atoms with Gasteiger partial charge in [-0.15, -0.1) is 0 Å². The van der Waals surface area contributed by atoms with Crippen molar-refractivity contribution in [3.8, 4) is 12.1 Å². The number of amides is 2. The fraction of sp³-hybridized carbons (Fsp3) is 0.125. The smallest absolute Gasteiger partial charge is 0.269 e. The highest BCUT2D eigenvalue weighted by Gasteiger charge is 2.42. The Balaban J connectivity index is 1.14. The number of allylic oxidation sites excluding steroid dienone is 2. The van der Waals surface area contributed by atoms with Gasteiger partial charge in [0.25, 0.3) is 23.2 Å². The molecular weight excluding hydrogens is 743 g/mol. The molecule has 11 heteroatoms. The molecule has 0 radical (unpaired) electrons. The van der Waals surface area contributed by atoms with Crippen LogP contribution in [0.3, 0.4) is 0 Å². The Kier molecular flexibility index (Phi) is 11.6. The Morgan fingerprint density at radius 2 is 0.915 bits per heavy atom. The molecule has 1 heterocycles. The first kappa shape index (κ1) is 39.2. The van der Waals surface area contributed by atoms with Gasteiger partial charge in [-0.25, -0.2) is 0 Å². The maximum absolute atomic E-state index is 14.1. The highest BCUT2D eigenvalue weighted by Crippen LogP contribution is 2.36. The van der Waals surface area contributed by atoms with Crippen LogP contribution in [-0.2, 0) is 0 Å². The van der Waals surface area contributed by atoms with Crippen molar-refractivity contribution in [1.29, 1.82) is 10.5 Å². The number of fused-ring (bicyclic) bond motifs is 1. The quantitative estimate of drug-likeness (QED) is 0.0419. The fourth-order valence-electron chi connectivity index (χ4n) is 7.38. The van der Waals surface area contributed by atoms with E-state index in [1.807, 2.05) is 85.0 Å². The molecule has 0 bridgehead atoms. The molecule has 5 aromatic rings. The van der Waals surface area contributed by atoms with Gasteiger partial charge >= 0.3 is 0 Å². The van der Waals surface area contributed by atoms with Crippen LogP contribution in [0.25, 0.3) is 47.6 Å². The van der Waals surface area contributed by atoms with Gasteiger partial charge in [-0.05, 0) is 93.8 Å². The zero-order valence-corrected chi connectivity index (χ0v) is 31.7. The molecule has 1 aliphatic heterocycles. The molecule has 59 heavy (non-hydrogen) atoms. The Hall–Kier alpha value is -8.02. The summed E-state index contributed by atoms with van der Waals surface area (Å²) in [5.41, 5.74) is 6.93. The number of imide groups is 1. The largest absolute Gasteiger partial charge is 0.271 e. The second-order valence-electron chi connectivity index (χ2n) is 14.2. The molecule has 11 nitrogen and oxygen atoms in total. The number of nitriles is 2. The van der Waals surface area contributed by atoms with Gasteiger partial charge < -0.3 is 0 Å². The van der Waals surface area contributed by atoms with Gasteiger partial charge in [0.2, 0.25) is 0 Å². The lowest BCUT2D eigenvalue weighted by Crippen LogP contribution is -2.41. The van der Waals surface area contributed by atoms with Gasteiger partial charge in [0, 0.05) is 30.3 Å².